The molecule has 0 heterocycles. The molecule has 0 radical (unpaired) electrons. The van der Waals surface area contributed by atoms with Gasteiger partial charge in [0.15, 0.2) is 0 Å². The highest BCUT2D eigenvalue weighted by molar-refractivity contribution is 6.34. The molecule has 2 rings (SSSR count). The summed E-state index contributed by atoms with van der Waals surface area (Å²) in [5.74, 6) is 0. The van der Waals surface area contributed by atoms with Crippen molar-refractivity contribution >= 4 is 11.6 Å². The zero-order chi connectivity index (χ0) is 14.0. The molecule has 0 fully saturated rings. The Bertz CT molecular complexity index is 656. The monoisotopic (exact) mass is 281 g/mol. The maximum absolute atomic E-state index is 12.6. The van der Waals surface area contributed by atoms with Crippen LogP contribution in [0.4, 0.5) is 13.2 Å². The second-order valence-corrected chi connectivity index (χ2v) is 4.24. The number of hydrogen-bond acceptors (Lipinski definition) is 1. The van der Waals surface area contributed by atoms with E-state index >= 15 is 0 Å². The molecule has 19 heavy (non-hydrogen) atoms. The highest BCUT2D eigenvalue weighted by atomic mass is 35.5. The lowest BCUT2D eigenvalue weighted by molar-refractivity contribution is -0.137. The van der Waals surface area contributed by atoms with Gasteiger partial charge >= 0.3 is 6.18 Å². The van der Waals surface area contributed by atoms with Gasteiger partial charge in [-0.05, 0) is 23.8 Å². The Morgan fingerprint density at radius 3 is 2.37 bits per heavy atom. The molecule has 5 heteroatoms. The first kappa shape index (κ1) is 13.4. The summed E-state index contributed by atoms with van der Waals surface area (Å²) in [6, 6.07) is 11.4. The lowest BCUT2D eigenvalue weighted by atomic mass is 10.0. The minimum atomic E-state index is -4.41. The maximum Gasteiger partial charge on any atom is 0.416 e. The van der Waals surface area contributed by atoms with Gasteiger partial charge in [-0.15, -0.1) is 0 Å². The van der Waals surface area contributed by atoms with Crippen LogP contribution in [0.2, 0.25) is 5.02 Å². The Morgan fingerprint density at radius 2 is 1.74 bits per heavy atom. The molecule has 0 aromatic heterocycles. The van der Waals surface area contributed by atoms with E-state index in [1.54, 1.807) is 12.1 Å². The molecule has 0 saturated heterocycles. The normalized spacial score (nSPS) is 11.1. The molecule has 0 bridgehead atoms. The van der Waals surface area contributed by atoms with Crippen molar-refractivity contribution < 1.29 is 13.2 Å². The molecule has 0 amide bonds. The van der Waals surface area contributed by atoms with E-state index in [0.717, 1.165) is 12.1 Å². The number of hydrogen-bond donors (Lipinski definition) is 0. The maximum atomic E-state index is 12.6. The molecule has 0 spiro atoms. The summed E-state index contributed by atoms with van der Waals surface area (Å²) in [5.41, 5.74) is 0.226. The number of benzene rings is 2. The zero-order valence-corrected chi connectivity index (χ0v) is 10.3. The second-order valence-electron chi connectivity index (χ2n) is 3.86. The SMILES string of the molecule is N#Cc1cccc(-c2cccc(C(F)(F)F)c2)c1Cl. The molecule has 0 unspecified atom stereocenters. The molecule has 0 saturated carbocycles. The van der Waals surface area contributed by atoms with Gasteiger partial charge in [-0.3, -0.25) is 0 Å². The van der Waals surface area contributed by atoms with Crippen molar-refractivity contribution in [2.24, 2.45) is 0 Å². The van der Waals surface area contributed by atoms with Crippen molar-refractivity contribution in [1.82, 2.24) is 0 Å². The molecular formula is C14H7ClF3N. The number of nitriles is 1. The Labute approximate surface area is 112 Å². The van der Waals surface area contributed by atoms with E-state index < -0.39 is 11.7 Å². The lowest BCUT2D eigenvalue weighted by Gasteiger charge is -2.10. The van der Waals surface area contributed by atoms with Gasteiger partial charge in [0, 0.05) is 5.56 Å². The number of nitrogens with zero attached hydrogens (tertiary/aromatic N) is 1. The average Bonchev–Trinajstić information content (AvgIpc) is 2.38. The van der Waals surface area contributed by atoms with Crippen LogP contribution in [0.5, 0.6) is 0 Å². The van der Waals surface area contributed by atoms with Gasteiger partial charge in [0.05, 0.1) is 16.1 Å². The minimum absolute atomic E-state index is 0.157. The third-order valence-corrected chi connectivity index (χ3v) is 3.03. The minimum Gasteiger partial charge on any atom is -0.192 e. The second kappa shape index (κ2) is 4.94. The van der Waals surface area contributed by atoms with E-state index in [2.05, 4.69) is 0 Å². The van der Waals surface area contributed by atoms with Gasteiger partial charge in [0.2, 0.25) is 0 Å². The molecule has 0 aliphatic carbocycles. The van der Waals surface area contributed by atoms with Crippen LogP contribution in [0.15, 0.2) is 42.5 Å². The van der Waals surface area contributed by atoms with Crippen LogP contribution in [0.25, 0.3) is 11.1 Å². The largest absolute Gasteiger partial charge is 0.416 e. The van der Waals surface area contributed by atoms with E-state index in [0.29, 0.717) is 11.1 Å². The van der Waals surface area contributed by atoms with Crippen LogP contribution < -0.4 is 0 Å². The summed E-state index contributed by atoms with van der Waals surface area (Å²) in [6.07, 6.45) is -4.41. The molecule has 1 nitrogen and oxygen atoms in total. The van der Waals surface area contributed by atoms with Gasteiger partial charge in [0.1, 0.15) is 6.07 Å². The van der Waals surface area contributed by atoms with Crippen LogP contribution >= 0.6 is 11.6 Å². The first-order valence-corrected chi connectivity index (χ1v) is 5.67. The standard InChI is InChI=1S/C14H7ClF3N/c15-13-10(8-19)4-2-6-12(13)9-3-1-5-11(7-9)14(16,17)18/h1-7H. The van der Waals surface area contributed by atoms with Crippen molar-refractivity contribution in [3.63, 3.8) is 0 Å². The van der Waals surface area contributed by atoms with Gasteiger partial charge in [-0.25, -0.2) is 0 Å². The van der Waals surface area contributed by atoms with E-state index in [4.69, 9.17) is 16.9 Å². The van der Waals surface area contributed by atoms with Crippen molar-refractivity contribution in [2.45, 2.75) is 6.18 Å². The summed E-state index contributed by atoms with van der Waals surface area (Å²) in [4.78, 5) is 0. The van der Waals surface area contributed by atoms with Crippen LogP contribution in [0, 0.1) is 11.3 Å². The van der Waals surface area contributed by atoms with Crippen molar-refractivity contribution in [1.29, 1.82) is 5.26 Å². The van der Waals surface area contributed by atoms with Gasteiger partial charge in [0.25, 0.3) is 0 Å². The summed E-state index contributed by atoms with van der Waals surface area (Å²) in [5, 5.41) is 9.02. The number of alkyl halides is 3. The smallest absolute Gasteiger partial charge is 0.192 e. The third-order valence-electron chi connectivity index (χ3n) is 2.62. The van der Waals surface area contributed by atoms with Crippen molar-refractivity contribution in [3.05, 3.63) is 58.6 Å². The topological polar surface area (TPSA) is 23.8 Å². The van der Waals surface area contributed by atoms with Crippen molar-refractivity contribution in [3.8, 4) is 17.2 Å². The van der Waals surface area contributed by atoms with E-state index in [9.17, 15) is 13.2 Å². The fourth-order valence-corrected chi connectivity index (χ4v) is 1.98. The average molecular weight is 282 g/mol. The van der Waals surface area contributed by atoms with Crippen LogP contribution in [-0.4, -0.2) is 0 Å². The Hall–Kier alpha value is -1.99. The Balaban J connectivity index is 2.58. The summed E-state index contributed by atoms with van der Waals surface area (Å²) >= 11 is 6.01. The van der Waals surface area contributed by atoms with Gasteiger partial charge < -0.3 is 0 Å². The highest BCUT2D eigenvalue weighted by Gasteiger charge is 2.30. The first-order chi connectivity index (χ1) is 8.93. The van der Waals surface area contributed by atoms with Gasteiger partial charge in [-0.2, -0.15) is 18.4 Å². The van der Waals surface area contributed by atoms with E-state index in [1.165, 1.54) is 18.2 Å². The molecular weight excluding hydrogens is 275 g/mol. The third kappa shape index (κ3) is 2.72. The quantitative estimate of drug-likeness (QED) is 0.729. The molecule has 96 valence electrons. The Morgan fingerprint density at radius 1 is 1.05 bits per heavy atom. The fraction of sp³-hybridized carbons (Fsp3) is 0.0714. The van der Waals surface area contributed by atoms with Crippen LogP contribution in [0.3, 0.4) is 0 Å². The number of halogens is 4. The summed E-state index contributed by atoms with van der Waals surface area (Å²) < 4.78 is 37.9. The molecule has 2 aromatic rings. The highest BCUT2D eigenvalue weighted by Crippen LogP contribution is 2.35. The molecule has 2 aromatic carbocycles. The zero-order valence-electron chi connectivity index (χ0n) is 9.50. The first-order valence-electron chi connectivity index (χ1n) is 5.29. The predicted octanol–water partition coefficient (Wildman–Crippen LogP) is 4.90. The summed E-state index contributed by atoms with van der Waals surface area (Å²) in [6.45, 7) is 0. The number of rotatable bonds is 1. The van der Waals surface area contributed by atoms with Crippen LogP contribution in [-0.2, 0) is 6.18 Å². The molecule has 0 aliphatic heterocycles. The molecule has 0 aliphatic rings. The molecule has 0 atom stereocenters. The van der Waals surface area contributed by atoms with E-state index in [1.807, 2.05) is 6.07 Å². The Kier molecular flexibility index (Phi) is 3.50. The van der Waals surface area contributed by atoms with Crippen LogP contribution in [0.1, 0.15) is 11.1 Å². The molecule has 0 N–H and O–H groups in total. The van der Waals surface area contributed by atoms with Gasteiger partial charge in [-0.1, -0.05) is 35.9 Å². The fourth-order valence-electron chi connectivity index (χ4n) is 1.70. The van der Waals surface area contributed by atoms with E-state index in [-0.39, 0.29) is 10.6 Å². The predicted molar refractivity (Wildman–Crippen MR) is 66.6 cm³/mol. The van der Waals surface area contributed by atoms with Crippen molar-refractivity contribution in [2.75, 3.05) is 0 Å². The summed E-state index contributed by atoms with van der Waals surface area (Å²) in [7, 11) is 0. The lowest BCUT2D eigenvalue weighted by Crippen LogP contribution is -2.04.